The molecular weight excluding hydrogens is 272 g/mol. The Kier molecular flexibility index (Phi) is 12.6. The molecule has 0 rings (SSSR count). The highest BCUT2D eigenvalue weighted by molar-refractivity contribution is 5.77. The highest BCUT2D eigenvalue weighted by atomic mass is 16.5. The van der Waals surface area contributed by atoms with Crippen LogP contribution < -0.4 is 0 Å². The summed E-state index contributed by atoms with van der Waals surface area (Å²) in [7, 11) is 0. The SMILES string of the molecule is CCCCC(C)OC(=O)C(CCCC)(CCCC)CCCC. The van der Waals surface area contributed by atoms with Crippen molar-refractivity contribution in [3.05, 3.63) is 0 Å². The van der Waals surface area contributed by atoms with Crippen molar-refractivity contribution in [3.63, 3.8) is 0 Å². The number of carbonyl (C=O) groups is 1. The van der Waals surface area contributed by atoms with Crippen molar-refractivity contribution in [3.8, 4) is 0 Å². The third-order valence-electron chi connectivity index (χ3n) is 4.73. The highest BCUT2D eigenvalue weighted by Gasteiger charge is 2.38. The van der Waals surface area contributed by atoms with Crippen LogP contribution in [0.5, 0.6) is 0 Å². The molecule has 0 aromatic carbocycles. The van der Waals surface area contributed by atoms with E-state index in [0.29, 0.717) is 0 Å². The Hall–Kier alpha value is -0.530. The van der Waals surface area contributed by atoms with E-state index in [0.717, 1.165) is 77.0 Å². The topological polar surface area (TPSA) is 26.3 Å². The van der Waals surface area contributed by atoms with Crippen molar-refractivity contribution < 1.29 is 9.53 Å². The molecule has 1 unspecified atom stereocenters. The van der Waals surface area contributed by atoms with Gasteiger partial charge in [0.1, 0.15) is 0 Å². The van der Waals surface area contributed by atoms with Crippen LogP contribution in [0.3, 0.4) is 0 Å². The van der Waals surface area contributed by atoms with Gasteiger partial charge in [0.25, 0.3) is 0 Å². The normalized spacial score (nSPS) is 13.1. The Balaban J connectivity index is 4.90. The Bertz CT molecular complexity index is 251. The molecule has 0 heterocycles. The summed E-state index contributed by atoms with van der Waals surface area (Å²) in [6.07, 6.45) is 13.2. The minimum atomic E-state index is -0.220. The van der Waals surface area contributed by atoms with Gasteiger partial charge in [0, 0.05) is 0 Å². The van der Waals surface area contributed by atoms with Crippen molar-refractivity contribution in [2.45, 2.75) is 118 Å². The fraction of sp³-hybridized carbons (Fsp3) is 0.950. The second-order valence-electron chi connectivity index (χ2n) is 6.95. The van der Waals surface area contributed by atoms with E-state index in [1.807, 2.05) is 0 Å². The molecule has 0 amide bonds. The molecule has 22 heavy (non-hydrogen) atoms. The van der Waals surface area contributed by atoms with Crippen LogP contribution in [0.4, 0.5) is 0 Å². The van der Waals surface area contributed by atoms with E-state index in [4.69, 9.17) is 4.74 Å². The van der Waals surface area contributed by atoms with Gasteiger partial charge in [-0.3, -0.25) is 4.79 Å². The molecule has 1 atom stereocenters. The van der Waals surface area contributed by atoms with Gasteiger partial charge in [0.2, 0.25) is 0 Å². The summed E-state index contributed by atoms with van der Waals surface area (Å²) in [4.78, 5) is 12.9. The molecule has 2 heteroatoms. The number of rotatable bonds is 14. The summed E-state index contributed by atoms with van der Waals surface area (Å²) in [5.74, 6) is 0.0893. The molecule has 0 saturated heterocycles. The fourth-order valence-electron chi connectivity index (χ4n) is 3.08. The molecule has 0 aromatic rings. The van der Waals surface area contributed by atoms with Gasteiger partial charge in [-0.1, -0.05) is 79.1 Å². The smallest absolute Gasteiger partial charge is 0.312 e. The number of unbranched alkanes of at least 4 members (excludes halogenated alkanes) is 4. The lowest BCUT2D eigenvalue weighted by Crippen LogP contribution is -2.35. The van der Waals surface area contributed by atoms with E-state index < -0.39 is 0 Å². The summed E-state index contributed by atoms with van der Waals surface area (Å²) in [6.45, 7) is 10.9. The predicted octanol–water partition coefficient (Wildman–Crippen LogP) is 6.67. The van der Waals surface area contributed by atoms with Crippen LogP contribution in [0.1, 0.15) is 112 Å². The molecule has 2 nitrogen and oxygen atoms in total. The first-order valence-corrected chi connectivity index (χ1v) is 9.77. The maximum atomic E-state index is 12.9. The standard InChI is InChI=1S/C20H40O2/c1-6-10-14-18(5)22-19(21)20(15-11-7-2,16-12-8-3)17-13-9-4/h18H,6-17H2,1-5H3. The molecular formula is C20H40O2. The fourth-order valence-corrected chi connectivity index (χ4v) is 3.08. The lowest BCUT2D eigenvalue weighted by Gasteiger charge is -2.33. The molecule has 0 bridgehead atoms. The summed E-state index contributed by atoms with van der Waals surface area (Å²) in [6, 6.07) is 0. The van der Waals surface area contributed by atoms with Gasteiger partial charge in [0.15, 0.2) is 0 Å². The number of hydrogen-bond acceptors (Lipinski definition) is 2. The lowest BCUT2D eigenvalue weighted by molar-refractivity contribution is -0.163. The van der Waals surface area contributed by atoms with Gasteiger partial charge in [-0.25, -0.2) is 0 Å². The molecule has 0 fully saturated rings. The molecule has 0 saturated carbocycles. The van der Waals surface area contributed by atoms with Crippen molar-refractivity contribution >= 4 is 5.97 Å². The van der Waals surface area contributed by atoms with E-state index in [2.05, 4.69) is 34.6 Å². The summed E-state index contributed by atoms with van der Waals surface area (Å²) in [5.41, 5.74) is -0.220. The maximum absolute atomic E-state index is 12.9. The van der Waals surface area contributed by atoms with Crippen LogP contribution in [0.15, 0.2) is 0 Å². The minimum Gasteiger partial charge on any atom is -0.462 e. The molecule has 0 aromatic heterocycles. The third kappa shape index (κ3) is 8.19. The Morgan fingerprint density at radius 1 is 0.818 bits per heavy atom. The largest absolute Gasteiger partial charge is 0.462 e. The third-order valence-corrected chi connectivity index (χ3v) is 4.73. The van der Waals surface area contributed by atoms with Gasteiger partial charge >= 0.3 is 5.97 Å². The average Bonchev–Trinajstić information content (AvgIpc) is 2.52. The van der Waals surface area contributed by atoms with E-state index >= 15 is 0 Å². The van der Waals surface area contributed by atoms with Gasteiger partial charge in [-0.15, -0.1) is 0 Å². The Labute approximate surface area is 139 Å². The first-order chi connectivity index (χ1) is 10.6. The predicted molar refractivity (Wildman–Crippen MR) is 96.1 cm³/mol. The lowest BCUT2D eigenvalue weighted by atomic mass is 9.74. The van der Waals surface area contributed by atoms with Crippen molar-refractivity contribution in [2.75, 3.05) is 0 Å². The van der Waals surface area contributed by atoms with Gasteiger partial charge < -0.3 is 4.74 Å². The van der Waals surface area contributed by atoms with E-state index in [-0.39, 0.29) is 17.5 Å². The Morgan fingerprint density at radius 3 is 1.59 bits per heavy atom. The summed E-state index contributed by atoms with van der Waals surface area (Å²) >= 11 is 0. The van der Waals surface area contributed by atoms with Gasteiger partial charge in [0.05, 0.1) is 11.5 Å². The quantitative estimate of drug-likeness (QED) is 0.335. The second-order valence-corrected chi connectivity index (χ2v) is 6.95. The summed E-state index contributed by atoms with van der Waals surface area (Å²) in [5, 5.41) is 0. The second kappa shape index (κ2) is 13.0. The number of hydrogen-bond donors (Lipinski definition) is 0. The van der Waals surface area contributed by atoms with Crippen LogP contribution in [0.2, 0.25) is 0 Å². The number of esters is 1. The maximum Gasteiger partial charge on any atom is 0.312 e. The van der Waals surface area contributed by atoms with Crippen molar-refractivity contribution in [2.24, 2.45) is 5.41 Å². The zero-order valence-electron chi connectivity index (χ0n) is 15.9. The zero-order chi connectivity index (χ0) is 16.8. The van der Waals surface area contributed by atoms with Crippen LogP contribution >= 0.6 is 0 Å². The highest BCUT2D eigenvalue weighted by Crippen LogP contribution is 2.38. The van der Waals surface area contributed by atoms with Crippen molar-refractivity contribution in [1.82, 2.24) is 0 Å². The molecule has 0 radical (unpaired) electrons. The minimum absolute atomic E-state index is 0.0664. The molecule has 0 aliphatic carbocycles. The molecule has 0 aliphatic heterocycles. The molecule has 132 valence electrons. The average molecular weight is 313 g/mol. The number of carbonyl (C=O) groups excluding carboxylic acids is 1. The van der Waals surface area contributed by atoms with Crippen molar-refractivity contribution in [1.29, 1.82) is 0 Å². The first-order valence-electron chi connectivity index (χ1n) is 9.77. The van der Waals surface area contributed by atoms with Crippen LogP contribution in [-0.4, -0.2) is 12.1 Å². The number of ether oxygens (including phenoxy) is 1. The van der Waals surface area contributed by atoms with E-state index in [9.17, 15) is 4.79 Å². The van der Waals surface area contributed by atoms with Gasteiger partial charge in [-0.2, -0.15) is 0 Å². The first kappa shape index (κ1) is 21.5. The summed E-state index contributed by atoms with van der Waals surface area (Å²) < 4.78 is 5.87. The van der Waals surface area contributed by atoms with Gasteiger partial charge in [-0.05, 0) is 32.6 Å². The zero-order valence-corrected chi connectivity index (χ0v) is 15.9. The monoisotopic (exact) mass is 312 g/mol. The van der Waals surface area contributed by atoms with Crippen LogP contribution in [0, 0.1) is 5.41 Å². The van der Waals surface area contributed by atoms with Crippen LogP contribution in [-0.2, 0) is 9.53 Å². The molecule has 0 aliphatic rings. The van der Waals surface area contributed by atoms with Crippen LogP contribution in [0.25, 0.3) is 0 Å². The molecule has 0 N–H and O–H groups in total. The van der Waals surface area contributed by atoms with E-state index in [1.54, 1.807) is 0 Å². The Morgan fingerprint density at radius 2 is 1.23 bits per heavy atom. The molecule has 0 spiro atoms. The van der Waals surface area contributed by atoms with E-state index in [1.165, 1.54) is 0 Å².